The molecule has 1 heterocycles. The molecule has 1 rings (SSSR count). The first kappa shape index (κ1) is 5.74. The maximum Gasteiger partial charge on any atom is 0.161 e. The fourth-order valence-electron chi connectivity index (χ4n) is 0.451. The first-order valence-electron chi connectivity index (χ1n) is 2.37. The number of hydrogen-bond donors (Lipinski definition) is 1. The van der Waals surface area contributed by atoms with Gasteiger partial charge in [0.1, 0.15) is 5.69 Å². The van der Waals surface area contributed by atoms with E-state index in [9.17, 15) is 0 Å². The highest BCUT2D eigenvalue weighted by Crippen LogP contribution is 2.15. The van der Waals surface area contributed by atoms with E-state index in [2.05, 4.69) is 20.0 Å². The number of hydrogen-bond acceptors (Lipinski definition) is 4. The molecule has 1 aromatic heterocycles. The van der Waals surface area contributed by atoms with Crippen LogP contribution in [0.25, 0.3) is 0 Å². The van der Waals surface area contributed by atoms with Crippen molar-refractivity contribution < 1.29 is 4.52 Å². The van der Waals surface area contributed by atoms with E-state index >= 15 is 0 Å². The topological polar surface area (TPSA) is 76.8 Å². The minimum atomic E-state index is 0.567. The van der Waals surface area contributed by atoms with Gasteiger partial charge in [0.2, 0.25) is 0 Å². The summed E-state index contributed by atoms with van der Waals surface area (Å²) in [5.74, 6) is 5.39. The fourth-order valence-corrected chi connectivity index (χ4v) is 0.451. The Morgan fingerprint density at radius 3 is 3.00 bits per heavy atom. The van der Waals surface area contributed by atoms with Crippen LogP contribution in [0.3, 0.4) is 0 Å². The van der Waals surface area contributed by atoms with Crippen LogP contribution in [0, 0.1) is 6.92 Å². The zero-order valence-corrected chi connectivity index (χ0v) is 4.90. The number of aromatic nitrogens is 1. The lowest BCUT2D eigenvalue weighted by Crippen LogP contribution is -1.72. The lowest BCUT2D eigenvalue weighted by Gasteiger charge is -1.79. The third-order valence-corrected chi connectivity index (χ3v) is 0.891. The van der Waals surface area contributed by atoms with Crippen molar-refractivity contribution in [1.82, 2.24) is 5.16 Å². The normalized spacial score (nSPS) is 10.8. The van der Waals surface area contributed by atoms with Crippen molar-refractivity contribution in [2.45, 2.75) is 6.92 Å². The zero-order valence-electron chi connectivity index (χ0n) is 4.90. The van der Waals surface area contributed by atoms with Crippen LogP contribution in [0.15, 0.2) is 21.1 Å². The second-order valence-corrected chi connectivity index (χ2v) is 1.48. The van der Waals surface area contributed by atoms with Crippen molar-refractivity contribution >= 4 is 5.69 Å². The molecule has 0 aliphatic heterocycles. The fraction of sp³-hybridized carbons (Fsp3) is 0.250. The summed E-state index contributed by atoms with van der Waals surface area (Å²) in [4.78, 5) is 0. The average molecular weight is 126 g/mol. The minimum absolute atomic E-state index is 0.567. The van der Waals surface area contributed by atoms with E-state index < -0.39 is 0 Å². The smallest absolute Gasteiger partial charge is 0.161 e. The molecule has 5 heteroatoms. The first-order valence-corrected chi connectivity index (χ1v) is 2.37. The Morgan fingerprint density at radius 1 is 1.78 bits per heavy atom. The third kappa shape index (κ3) is 1.04. The molecule has 0 aliphatic rings. The molecule has 0 unspecified atom stereocenters. The van der Waals surface area contributed by atoms with Crippen molar-refractivity contribution in [3.05, 3.63) is 12.0 Å². The summed E-state index contributed by atoms with van der Waals surface area (Å²) in [6.07, 6.45) is 1.45. The lowest BCUT2D eigenvalue weighted by atomic mass is 10.4. The molecule has 0 bridgehead atoms. The number of rotatable bonds is 1. The minimum Gasteiger partial charge on any atom is -0.359 e. The summed E-state index contributed by atoms with van der Waals surface area (Å²) in [5.41, 5.74) is 0.567. The predicted molar refractivity (Wildman–Crippen MR) is 29.9 cm³/mol. The highest BCUT2D eigenvalue weighted by atomic mass is 16.5. The van der Waals surface area contributed by atoms with Gasteiger partial charge in [-0.25, -0.2) is 0 Å². The monoisotopic (exact) mass is 126 g/mol. The van der Waals surface area contributed by atoms with Gasteiger partial charge in [0, 0.05) is 0 Å². The highest BCUT2D eigenvalue weighted by molar-refractivity contribution is 5.34. The molecule has 0 aromatic carbocycles. The number of nitrogens with two attached hydrogens (primary N) is 1. The molecule has 2 N–H and O–H groups in total. The quantitative estimate of drug-likeness (QED) is 0.345. The molecule has 5 nitrogen and oxygen atoms in total. The van der Waals surface area contributed by atoms with E-state index in [1.165, 1.54) is 6.20 Å². The Kier molecular flexibility index (Phi) is 1.44. The summed E-state index contributed by atoms with van der Waals surface area (Å²) >= 11 is 0. The van der Waals surface area contributed by atoms with Gasteiger partial charge in [-0.2, -0.15) is 0 Å². The SMILES string of the molecule is Cc1oncc1N=NN. The van der Waals surface area contributed by atoms with Crippen LogP contribution in [0.5, 0.6) is 0 Å². The van der Waals surface area contributed by atoms with Gasteiger partial charge >= 0.3 is 0 Å². The molecule has 0 spiro atoms. The third-order valence-electron chi connectivity index (χ3n) is 0.891. The van der Waals surface area contributed by atoms with Crippen LogP contribution in [0.4, 0.5) is 5.69 Å². The Bertz CT molecular complexity index is 216. The molecule has 0 radical (unpaired) electrons. The molecule has 0 saturated carbocycles. The van der Waals surface area contributed by atoms with E-state index in [-0.39, 0.29) is 0 Å². The van der Waals surface area contributed by atoms with Crippen molar-refractivity contribution in [3.63, 3.8) is 0 Å². The Balaban J connectivity index is 2.94. The van der Waals surface area contributed by atoms with Crippen LogP contribution in [-0.2, 0) is 0 Å². The van der Waals surface area contributed by atoms with Crippen LogP contribution in [-0.4, -0.2) is 5.16 Å². The zero-order chi connectivity index (χ0) is 6.69. The summed E-state index contributed by atoms with van der Waals surface area (Å²) in [6.45, 7) is 1.73. The predicted octanol–water partition coefficient (Wildman–Crippen LogP) is 0.940. The largest absolute Gasteiger partial charge is 0.359 e. The summed E-state index contributed by atoms with van der Waals surface area (Å²) in [7, 11) is 0. The molecule has 0 saturated heterocycles. The van der Waals surface area contributed by atoms with Gasteiger partial charge in [0.15, 0.2) is 5.76 Å². The molecular weight excluding hydrogens is 120 g/mol. The molecule has 0 amide bonds. The van der Waals surface area contributed by atoms with Crippen LogP contribution in [0.1, 0.15) is 5.76 Å². The second kappa shape index (κ2) is 2.25. The summed E-state index contributed by atoms with van der Waals surface area (Å²) in [5, 5.41) is 10.0. The Hall–Kier alpha value is -1.39. The first-order chi connectivity index (χ1) is 4.34. The van der Waals surface area contributed by atoms with Crippen molar-refractivity contribution in [2.75, 3.05) is 0 Å². The molecule has 0 aliphatic carbocycles. The Labute approximate surface area is 51.5 Å². The average Bonchev–Trinajstić information content (AvgIpc) is 2.18. The molecule has 0 atom stereocenters. The highest BCUT2D eigenvalue weighted by Gasteiger charge is 1.98. The maximum absolute atomic E-state index is 4.78. The number of nitrogens with zero attached hydrogens (tertiary/aromatic N) is 3. The van der Waals surface area contributed by atoms with Crippen LogP contribution in [0.2, 0.25) is 0 Å². The van der Waals surface area contributed by atoms with Crippen molar-refractivity contribution in [3.8, 4) is 0 Å². The molecule has 9 heavy (non-hydrogen) atoms. The standard InChI is InChI=1S/C4H6N4O/c1-3-4(7-8-5)2-6-9-3/h2H,1H3,(H2,5,7). The molecule has 1 aromatic rings. The van der Waals surface area contributed by atoms with E-state index in [0.717, 1.165) is 0 Å². The van der Waals surface area contributed by atoms with Gasteiger partial charge < -0.3 is 10.4 Å². The van der Waals surface area contributed by atoms with Gasteiger partial charge in [-0.1, -0.05) is 10.4 Å². The second-order valence-electron chi connectivity index (χ2n) is 1.48. The van der Waals surface area contributed by atoms with Crippen LogP contribution >= 0.6 is 0 Å². The van der Waals surface area contributed by atoms with E-state index in [4.69, 9.17) is 5.84 Å². The van der Waals surface area contributed by atoms with E-state index in [0.29, 0.717) is 11.4 Å². The van der Waals surface area contributed by atoms with Gasteiger partial charge in [-0.3, -0.25) is 0 Å². The van der Waals surface area contributed by atoms with Gasteiger partial charge in [-0.05, 0) is 6.92 Å². The molecule has 48 valence electrons. The Morgan fingerprint density at radius 2 is 2.56 bits per heavy atom. The van der Waals surface area contributed by atoms with E-state index in [1.807, 2.05) is 0 Å². The number of aryl methyl sites for hydroxylation is 1. The molecular formula is C4H6N4O. The van der Waals surface area contributed by atoms with Crippen LogP contribution < -0.4 is 5.84 Å². The van der Waals surface area contributed by atoms with Crippen molar-refractivity contribution in [2.24, 2.45) is 16.2 Å². The lowest BCUT2D eigenvalue weighted by molar-refractivity contribution is 0.397. The van der Waals surface area contributed by atoms with E-state index in [1.54, 1.807) is 6.92 Å². The van der Waals surface area contributed by atoms with Gasteiger partial charge in [-0.15, -0.1) is 5.11 Å². The van der Waals surface area contributed by atoms with Gasteiger partial charge in [0.05, 0.1) is 6.20 Å². The molecule has 0 fully saturated rings. The van der Waals surface area contributed by atoms with Crippen molar-refractivity contribution in [1.29, 1.82) is 0 Å². The summed E-state index contributed by atoms with van der Waals surface area (Å²) < 4.78 is 4.66. The van der Waals surface area contributed by atoms with Gasteiger partial charge in [0.25, 0.3) is 0 Å². The maximum atomic E-state index is 4.78. The summed E-state index contributed by atoms with van der Waals surface area (Å²) in [6, 6.07) is 0.